The summed E-state index contributed by atoms with van der Waals surface area (Å²) >= 11 is 0. The molecule has 0 saturated heterocycles. The lowest BCUT2D eigenvalue weighted by Gasteiger charge is -2.04. The van der Waals surface area contributed by atoms with Crippen molar-refractivity contribution < 1.29 is 13.9 Å². The monoisotopic (exact) mass is 236 g/mol. The van der Waals surface area contributed by atoms with E-state index in [2.05, 4.69) is 10.3 Å². The van der Waals surface area contributed by atoms with Gasteiger partial charge in [0.2, 0.25) is 5.91 Å². The van der Waals surface area contributed by atoms with E-state index < -0.39 is 5.76 Å². The van der Waals surface area contributed by atoms with Crippen LogP contribution in [0.25, 0.3) is 11.1 Å². The molecule has 0 unspecified atom stereocenters. The molecule has 1 heterocycles. The van der Waals surface area contributed by atoms with Crippen molar-refractivity contribution in [3.8, 4) is 0 Å². The Kier molecular flexibility index (Phi) is 3.24. The Bertz CT molecular complexity index is 584. The molecular weight excluding hydrogens is 224 g/mol. The molecule has 0 aliphatic heterocycles. The standard InChI is InChI=1S/C11H12N2O4/c1-2-16-6-10(14)12-7-3-4-9-8(5-7)13-11(15)17-9/h3-5H,2,6H2,1H3,(H,12,14)(H,13,15). The number of benzene rings is 1. The maximum atomic E-state index is 11.4. The molecule has 0 saturated carbocycles. The van der Waals surface area contributed by atoms with Gasteiger partial charge in [0.15, 0.2) is 5.58 Å². The molecule has 1 aromatic heterocycles. The van der Waals surface area contributed by atoms with Crippen LogP contribution >= 0.6 is 0 Å². The summed E-state index contributed by atoms with van der Waals surface area (Å²) in [6, 6.07) is 4.90. The van der Waals surface area contributed by atoms with Gasteiger partial charge in [-0.25, -0.2) is 4.79 Å². The number of aromatic amines is 1. The number of H-pyrrole nitrogens is 1. The van der Waals surface area contributed by atoms with E-state index in [1.165, 1.54) is 0 Å². The zero-order valence-corrected chi connectivity index (χ0v) is 9.28. The van der Waals surface area contributed by atoms with Crippen LogP contribution in [0.5, 0.6) is 0 Å². The third-order valence-corrected chi connectivity index (χ3v) is 2.14. The van der Waals surface area contributed by atoms with Crippen molar-refractivity contribution in [1.29, 1.82) is 0 Å². The van der Waals surface area contributed by atoms with Crippen molar-refractivity contribution >= 4 is 22.7 Å². The molecule has 1 amide bonds. The van der Waals surface area contributed by atoms with Gasteiger partial charge in [-0.2, -0.15) is 0 Å². The van der Waals surface area contributed by atoms with E-state index in [1.807, 2.05) is 6.92 Å². The minimum Gasteiger partial charge on any atom is -0.408 e. The molecule has 2 N–H and O–H groups in total. The van der Waals surface area contributed by atoms with E-state index in [0.717, 1.165) is 0 Å². The second-order valence-corrected chi connectivity index (χ2v) is 3.41. The molecule has 0 fully saturated rings. The van der Waals surface area contributed by atoms with Crippen molar-refractivity contribution in [2.24, 2.45) is 0 Å². The number of nitrogens with one attached hydrogen (secondary N) is 2. The number of hydrogen-bond acceptors (Lipinski definition) is 4. The molecular formula is C11H12N2O4. The third-order valence-electron chi connectivity index (χ3n) is 2.14. The number of oxazole rings is 1. The Balaban J connectivity index is 2.13. The number of hydrogen-bond donors (Lipinski definition) is 2. The normalized spacial score (nSPS) is 10.6. The van der Waals surface area contributed by atoms with Crippen LogP contribution in [-0.4, -0.2) is 24.1 Å². The predicted octanol–water partition coefficient (Wildman–Crippen LogP) is 1.10. The van der Waals surface area contributed by atoms with Gasteiger partial charge in [0.1, 0.15) is 6.61 Å². The Morgan fingerprint density at radius 3 is 3.12 bits per heavy atom. The Hall–Kier alpha value is -2.08. The van der Waals surface area contributed by atoms with Crippen LogP contribution in [0.4, 0.5) is 5.69 Å². The van der Waals surface area contributed by atoms with Crippen LogP contribution in [0.3, 0.4) is 0 Å². The van der Waals surface area contributed by atoms with E-state index in [0.29, 0.717) is 23.4 Å². The lowest BCUT2D eigenvalue weighted by atomic mass is 10.3. The van der Waals surface area contributed by atoms with Crippen LogP contribution in [0.2, 0.25) is 0 Å². The summed E-state index contributed by atoms with van der Waals surface area (Å²) in [6.07, 6.45) is 0. The topological polar surface area (TPSA) is 84.3 Å². The first kappa shape index (κ1) is 11.4. The lowest BCUT2D eigenvalue weighted by Crippen LogP contribution is -2.18. The van der Waals surface area contributed by atoms with Crippen molar-refractivity contribution in [2.45, 2.75) is 6.92 Å². The number of ether oxygens (including phenoxy) is 1. The van der Waals surface area contributed by atoms with Crippen LogP contribution in [0.15, 0.2) is 27.4 Å². The summed E-state index contributed by atoms with van der Waals surface area (Å²) in [5, 5.41) is 2.65. The second kappa shape index (κ2) is 4.84. The molecule has 0 aliphatic carbocycles. The smallest absolute Gasteiger partial charge is 0.408 e. The van der Waals surface area contributed by atoms with Crippen molar-refractivity contribution in [1.82, 2.24) is 4.98 Å². The molecule has 2 rings (SSSR count). The molecule has 1 aromatic carbocycles. The van der Waals surface area contributed by atoms with E-state index in [9.17, 15) is 9.59 Å². The molecule has 0 aliphatic rings. The van der Waals surface area contributed by atoms with E-state index in [4.69, 9.17) is 9.15 Å². The van der Waals surface area contributed by atoms with E-state index >= 15 is 0 Å². The Morgan fingerprint density at radius 2 is 2.35 bits per heavy atom. The van der Waals surface area contributed by atoms with Gasteiger partial charge in [0.25, 0.3) is 0 Å². The summed E-state index contributed by atoms with van der Waals surface area (Å²) < 4.78 is 9.81. The average Bonchev–Trinajstić information content (AvgIpc) is 2.65. The number of rotatable bonds is 4. The van der Waals surface area contributed by atoms with Crippen LogP contribution in [-0.2, 0) is 9.53 Å². The van der Waals surface area contributed by atoms with Crippen molar-refractivity contribution in [3.05, 3.63) is 28.7 Å². The molecule has 6 nitrogen and oxygen atoms in total. The first-order valence-corrected chi connectivity index (χ1v) is 5.19. The van der Waals surface area contributed by atoms with E-state index in [1.54, 1.807) is 18.2 Å². The first-order valence-electron chi connectivity index (χ1n) is 5.19. The van der Waals surface area contributed by atoms with Gasteiger partial charge >= 0.3 is 5.76 Å². The number of carbonyl (C=O) groups excluding carboxylic acids is 1. The third kappa shape index (κ3) is 2.73. The molecule has 90 valence electrons. The highest BCUT2D eigenvalue weighted by Gasteiger charge is 2.05. The fraction of sp³-hybridized carbons (Fsp3) is 0.273. The fourth-order valence-corrected chi connectivity index (χ4v) is 1.42. The minimum atomic E-state index is -0.516. The fourth-order valence-electron chi connectivity index (χ4n) is 1.42. The van der Waals surface area contributed by atoms with Crippen LogP contribution < -0.4 is 11.1 Å². The Morgan fingerprint density at radius 1 is 1.53 bits per heavy atom. The van der Waals surface area contributed by atoms with Crippen LogP contribution in [0.1, 0.15) is 6.92 Å². The van der Waals surface area contributed by atoms with Crippen molar-refractivity contribution in [3.63, 3.8) is 0 Å². The van der Waals surface area contributed by atoms with E-state index in [-0.39, 0.29) is 12.5 Å². The number of amides is 1. The lowest BCUT2D eigenvalue weighted by molar-refractivity contribution is -0.120. The quantitative estimate of drug-likeness (QED) is 0.832. The number of aromatic nitrogens is 1. The first-order chi connectivity index (χ1) is 8.19. The molecule has 17 heavy (non-hydrogen) atoms. The van der Waals surface area contributed by atoms with Crippen LogP contribution in [0, 0.1) is 0 Å². The highest BCUT2D eigenvalue weighted by molar-refractivity contribution is 5.93. The van der Waals surface area contributed by atoms with Gasteiger partial charge in [-0.15, -0.1) is 0 Å². The maximum Gasteiger partial charge on any atom is 0.417 e. The number of fused-ring (bicyclic) bond motifs is 1. The highest BCUT2D eigenvalue weighted by Crippen LogP contribution is 2.15. The Labute approximate surface area is 96.6 Å². The number of anilines is 1. The molecule has 0 atom stereocenters. The molecule has 6 heteroatoms. The molecule has 0 spiro atoms. The zero-order valence-electron chi connectivity index (χ0n) is 9.28. The van der Waals surface area contributed by atoms with Gasteiger partial charge in [0.05, 0.1) is 5.52 Å². The second-order valence-electron chi connectivity index (χ2n) is 3.41. The largest absolute Gasteiger partial charge is 0.417 e. The number of carbonyl (C=O) groups is 1. The van der Waals surface area contributed by atoms with Crippen molar-refractivity contribution in [2.75, 3.05) is 18.5 Å². The zero-order chi connectivity index (χ0) is 12.3. The van der Waals surface area contributed by atoms with Gasteiger partial charge in [-0.3, -0.25) is 9.78 Å². The van der Waals surface area contributed by atoms with Gasteiger partial charge in [0, 0.05) is 12.3 Å². The summed E-state index contributed by atoms with van der Waals surface area (Å²) in [5.74, 6) is -0.755. The SMILES string of the molecule is CCOCC(=O)Nc1ccc2oc(=O)[nH]c2c1. The molecule has 0 radical (unpaired) electrons. The molecule has 0 bridgehead atoms. The molecule has 2 aromatic rings. The summed E-state index contributed by atoms with van der Waals surface area (Å²) in [7, 11) is 0. The van der Waals surface area contributed by atoms with Gasteiger partial charge < -0.3 is 14.5 Å². The van der Waals surface area contributed by atoms with Gasteiger partial charge in [-0.1, -0.05) is 0 Å². The van der Waals surface area contributed by atoms with Gasteiger partial charge in [-0.05, 0) is 25.1 Å². The highest BCUT2D eigenvalue weighted by atomic mass is 16.5. The minimum absolute atomic E-state index is 0.0104. The summed E-state index contributed by atoms with van der Waals surface area (Å²) in [5.41, 5.74) is 1.58. The summed E-state index contributed by atoms with van der Waals surface area (Å²) in [6.45, 7) is 2.31. The average molecular weight is 236 g/mol. The summed E-state index contributed by atoms with van der Waals surface area (Å²) in [4.78, 5) is 24.8. The predicted molar refractivity (Wildman–Crippen MR) is 62.0 cm³/mol. The maximum absolute atomic E-state index is 11.4.